The maximum absolute atomic E-state index is 10.3. The summed E-state index contributed by atoms with van der Waals surface area (Å²) in [4.78, 5) is 10.3. The Hall–Kier alpha value is -0.800. The van der Waals surface area contributed by atoms with E-state index in [0.29, 0.717) is 10.6 Å². The molecule has 1 aromatic carbocycles. The molecule has 0 fully saturated rings. The van der Waals surface area contributed by atoms with E-state index in [-0.39, 0.29) is 0 Å². The van der Waals surface area contributed by atoms with E-state index in [4.69, 9.17) is 16.7 Å². The lowest BCUT2D eigenvalue weighted by molar-refractivity contribution is -0.131. The molecular weight excluding hydrogens is 267 g/mol. The quantitative estimate of drug-likeness (QED) is 0.839. The van der Waals surface area contributed by atoms with Crippen LogP contribution >= 0.6 is 27.5 Å². The Morgan fingerprint density at radius 1 is 1.57 bits per heavy atom. The van der Waals surface area contributed by atoms with Gasteiger partial charge in [-0.1, -0.05) is 27.5 Å². The lowest BCUT2D eigenvalue weighted by Crippen LogP contribution is -1.87. The lowest BCUT2D eigenvalue weighted by atomic mass is 10.1. The molecule has 0 atom stereocenters. The number of carboxylic acids is 1. The van der Waals surface area contributed by atoms with Gasteiger partial charge in [0.05, 0.1) is 0 Å². The van der Waals surface area contributed by atoms with Crippen molar-refractivity contribution in [3.05, 3.63) is 38.8 Å². The monoisotopic (exact) mass is 274 g/mol. The smallest absolute Gasteiger partial charge is 0.328 e. The normalized spacial score (nSPS) is 10.8. The van der Waals surface area contributed by atoms with Crippen molar-refractivity contribution in [3.8, 4) is 0 Å². The van der Waals surface area contributed by atoms with Gasteiger partial charge < -0.3 is 5.11 Å². The van der Waals surface area contributed by atoms with Crippen molar-refractivity contribution in [3.63, 3.8) is 0 Å². The molecule has 14 heavy (non-hydrogen) atoms. The van der Waals surface area contributed by atoms with E-state index < -0.39 is 5.97 Å². The summed E-state index contributed by atoms with van der Waals surface area (Å²) in [6.07, 6.45) is 2.52. The summed E-state index contributed by atoms with van der Waals surface area (Å²) in [7, 11) is 0. The van der Waals surface area contributed by atoms with Gasteiger partial charge in [-0.25, -0.2) is 4.79 Å². The first-order valence-corrected chi connectivity index (χ1v) is 5.04. The van der Waals surface area contributed by atoms with Crippen LogP contribution in [0.4, 0.5) is 0 Å². The van der Waals surface area contributed by atoms with E-state index in [1.54, 1.807) is 6.07 Å². The molecular formula is C10H8BrClO2. The molecule has 0 unspecified atom stereocenters. The van der Waals surface area contributed by atoms with E-state index in [2.05, 4.69) is 15.9 Å². The highest BCUT2D eigenvalue weighted by molar-refractivity contribution is 9.10. The fourth-order valence-corrected chi connectivity index (χ4v) is 2.18. The van der Waals surface area contributed by atoms with E-state index in [9.17, 15) is 4.79 Å². The van der Waals surface area contributed by atoms with Crippen LogP contribution in [0.3, 0.4) is 0 Å². The third-order valence-electron chi connectivity index (χ3n) is 1.62. The maximum Gasteiger partial charge on any atom is 0.328 e. The Labute approximate surface area is 95.3 Å². The van der Waals surface area contributed by atoms with Crippen molar-refractivity contribution in [2.75, 3.05) is 0 Å². The first-order valence-electron chi connectivity index (χ1n) is 3.87. The van der Waals surface area contributed by atoms with E-state index >= 15 is 0 Å². The van der Waals surface area contributed by atoms with Gasteiger partial charge in [0, 0.05) is 21.1 Å². The van der Waals surface area contributed by atoms with Crippen molar-refractivity contribution in [1.82, 2.24) is 0 Å². The maximum atomic E-state index is 10.3. The van der Waals surface area contributed by atoms with Crippen LogP contribution in [0.25, 0.3) is 6.08 Å². The molecule has 2 nitrogen and oxygen atoms in total. The van der Waals surface area contributed by atoms with Gasteiger partial charge in [-0.05, 0) is 30.7 Å². The van der Waals surface area contributed by atoms with Crippen LogP contribution in [0.1, 0.15) is 11.1 Å². The average Bonchev–Trinajstić information content (AvgIpc) is 2.01. The van der Waals surface area contributed by atoms with E-state index in [1.807, 2.05) is 13.0 Å². The summed E-state index contributed by atoms with van der Waals surface area (Å²) in [6, 6.07) is 3.67. The number of aryl methyl sites for hydroxylation is 1. The number of benzene rings is 1. The Kier molecular flexibility index (Phi) is 3.72. The van der Waals surface area contributed by atoms with Crippen LogP contribution in [0, 0.1) is 6.92 Å². The zero-order chi connectivity index (χ0) is 10.7. The molecule has 0 amide bonds. The zero-order valence-corrected chi connectivity index (χ0v) is 9.76. The fourth-order valence-electron chi connectivity index (χ4n) is 1.02. The van der Waals surface area contributed by atoms with Gasteiger partial charge in [0.1, 0.15) is 0 Å². The van der Waals surface area contributed by atoms with Crippen molar-refractivity contribution < 1.29 is 9.90 Å². The summed E-state index contributed by atoms with van der Waals surface area (Å²) in [5.74, 6) is -0.992. The predicted molar refractivity (Wildman–Crippen MR) is 60.6 cm³/mol. The lowest BCUT2D eigenvalue weighted by Gasteiger charge is -2.03. The summed E-state index contributed by atoms with van der Waals surface area (Å²) < 4.78 is 0.792. The standard InChI is InChI=1S/C10H8BrClO2/c1-6-4-8(11)7(9(12)5-6)2-3-10(13)14/h2-5H,1H3,(H,13,14)/b3-2+. The molecule has 1 N–H and O–H groups in total. The molecule has 0 aliphatic heterocycles. The predicted octanol–water partition coefficient (Wildman–Crippen LogP) is 3.51. The second-order valence-electron chi connectivity index (χ2n) is 2.81. The fraction of sp³-hybridized carbons (Fsp3) is 0.100. The van der Waals surface area contributed by atoms with Crippen molar-refractivity contribution >= 4 is 39.6 Å². The molecule has 4 heteroatoms. The van der Waals surface area contributed by atoms with Gasteiger partial charge in [0.2, 0.25) is 0 Å². The first-order chi connectivity index (χ1) is 6.50. The molecule has 0 aromatic heterocycles. The largest absolute Gasteiger partial charge is 0.478 e. The van der Waals surface area contributed by atoms with Crippen LogP contribution < -0.4 is 0 Å². The van der Waals surface area contributed by atoms with Gasteiger partial charge in [0.15, 0.2) is 0 Å². The Balaban J connectivity index is 3.15. The van der Waals surface area contributed by atoms with Gasteiger partial charge in [0.25, 0.3) is 0 Å². The molecule has 0 saturated heterocycles. The molecule has 0 bridgehead atoms. The Morgan fingerprint density at radius 2 is 2.21 bits per heavy atom. The van der Waals surface area contributed by atoms with Crippen molar-refractivity contribution in [2.24, 2.45) is 0 Å². The number of carboxylic acid groups (broad SMARTS) is 1. The van der Waals surface area contributed by atoms with Gasteiger partial charge in [-0.2, -0.15) is 0 Å². The summed E-state index contributed by atoms with van der Waals surface area (Å²) in [5.41, 5.74) is 1.70. The highest BCUT2D eigenvalue weighted by atomic mass is 79.9. The minimum atomic E-state index is -0.992. The average molecular weight is 276 g/mol. The number of rotatable bonds is 2. The topological polar surface area (TPSA) is 37.3 Å². The minimum Gasteiger partial charge on any atom is -0.478 e. The molecule has 0 aliphatic rings. The molecule has 1 aromatic rings. The Morgan fingerprint density at radius 3 is 2.71 bits per heavy atom. The number of carbonyl (C=O) groups is 1. The molecule has 0 spiro atoms. The molecule has 0 saturated carbocycles. The number of halogens is 2. The summed E-state index contributed by atoms with van der Waals surface area (Å²) in [5, 5.41) is 9.00. The third-order valence-corrected chi connectivity index (χ3v) is 2.58. The first kappa shape index (κ1) is 11.3. The van der Waals surface area contributed by atoms with Crippen LogP contribution in [0.15, 0.2) is 22.7 Å². The van der Waals surface area contributed by atoms with Gasteiger partial charge in [-0.15, -0.1) is 0 Å². The molecule has 0 aliphatic carbocycles. The molecule has 74 valence electrons. The zero-order valence-electron chi connectivity index (χ0n) is 7.42. The second-order valence-corrected chi connectivity index (χ2v) is 4.08. The minimum absolute atomic E-state index is 0.536. The van der Waals surface area contributed by atoms with E-state index in [0.717, 1.165) is 16.1 Å². The number of hydrogen-bond donors (Lipinski definition) is 1. The van der Waals surface area contributed by atoms with Crippen molar-refractivity contribution in [1.29, 1.82) is 0 Å². The van der Waals surface area contributed by atoms with Crippen molar-refractivity contribution in [2.45, 2.75) is 6.92 Å². The highest BCUT2D eigenvalue weighted by Crippen LogP contribution is 2.27. The van der Waals surface area contributed by atoms with Gasteiger partial charge >= 0.3 is 5.97 Å². The van der Waals surface area contributed by atoms with Crippen LogP contribution in [0.2, 0.25) is 5.02 Å². The number of hydrogen-bond acceptors (Lipinski definition) is 1. The summed E-state index contributed by atoms with van der Waals surface area (Å²) >= 11 is 9.26. The highest BCUT2D eigenvalue weighted by Gasteiger charge is 2.03. The molecule has 0 radical (unpaired) electrons. The SMILES string of the molecule is Cc1cc(Cl)c(/C=C/C(=O)O)c(Br)c1. The third kappa shape index (κ3) is 2.86. The van der Waals surface area contributed by atoms with Crippen LogP contribution in [-0.2, 0) is 4.79 Å². The van der Waals surface area contributed by atoms with Crippen LogP contribution in [0.5, 0.6) is 0 Å². The summed E-state index contributed by atoms with van der Waals surface area (Å²) in [6.45, 7) is 1.92. The van der Waals surface area contributed by atoms with E-state index in [1.165, 1.54) is 6.08 Å². The molecule has 0 heterocycles. The van der Waals surface area contributed by atoms with Gasteiger partial charge in [-0.3, -0.25) is 0 Å². The Bertz CT molecular complexity index is 376. The molecule has 1 rings (SSSR count). The van der Waals surface area contributed by atoms with Crippen LogP contribution in [-0.4, -0.2) is 11.1 Å². The second kappa shape index (κ2) is 4.62. The number of aliphatic carboxylic acids is 1.